The molecule has 0 unspecified atom stereocenters. The van der Waals surface area contributed by atoms with E-state index in [0.29, 0.717) is 5.57 Å². The van der Waals surface area contributed by atoms with Crippen molar-refractivity contribution in [3.05, 3.63) is 11.3 Å². The molecule has 11 heteroatoms. The maximum atomic E-state index is 12.4. The van der Waals surface area contributed by atoms with Crippen molar-refractivity contribution in [2.45, 2.75) is 36.2 Å². The molecular formula is C14H17Cl4NO6. The van der Waals surface area contributed by atoms with Crippen LogP contribution in [0.25, 0.3) is 0 Å². The number of likely N-dealkylation sites (tertiary alicyclic amines) is 1. The smallest absolute Gasteiger partial charge is 0.464 e. The van der Waals surface area contributed by atoms with Gasteiger partial charge in [0, 0.05) is 0 Å². The molecule has 1 fully saturated rings. The Balaban J connectivity index is 2.74. The van der Waals surface area contributed by atoms with Gasteiger partial charge in [-0.1, -0.05) is 46.4 Å². The lowest BCUT2D eigenvalue weighted by atomic mass is 9.91. The summed E-state index contributed by atoms with van der Waals surface area (Å²) < 4.78 is 12.5. The third kappa shape index (κ3) is 5.54. The fraction of sp³-hybridized carbons (Fsp3) is 0.643. The number of alkyl halides is 4. The van der Waals surface area contributed by atoms with E-state index in [1.165, 1.54) is 14.0 Å². The second-order valence-corrected chi connectivity index (χ2v) is 8.39. The Morgan fingerprint density at radius 3 is 2.24 bits per heavy atom. The van der Waals surface area contributed by atoms with Gasteiger partial charge in [-0.2, -0.15) is 0 Å². The van der Waals surface area contributed by atoms with E-state index in [1.807, 2.05) is 0 Å². The van der Waals surface area contributed by atoms with Gasteiger partial charge in [0.15, 0.2) is 0 Å². The first-order valence-corrected chi connectivity index (χ1v) is 8.60. The van der Waals surface area contributed by atoms with Gasteiger partial charge in [-0.25, -0.2) is 9.59 Å². The van der Waals surface area contributed by atoms with Crippen molar-refractivity contribution >= 4 is 64.4 Å². The molecule has 142 valence electrons. The molecule has 0 aromatic carbocycles. The van der Waals surface area contributed by atoms with Crippen LogP contribution in [-0.2, 0) is 23.8 Å². The summed E-state index contributed by atoms with van der Waals surface area (Å²) in [6.45, 7) is 4.24. The summed E-state index contributed by atoms with van der Waals surface area (Å²) in [5, 5.41) is 0. The minimum absolute atomic E-state index is 0.0507. The SMILES string of the molecule is COC(=O)C(=C(C)C)N1C(=O)[C@H]([C@@H](C)OC(=O)OCC(Cl)(Cl)Cl)[C@H]1Cl. The highest BCUT2D eigenvalue weighted by Crippen LogP contribution is 2.38. The van der Waals surface area contributed by atoms with Crippen molar-refractivity contribution < 1.29 is 28.6 Å². The highest BCUT2D eigenvalue weighted by atomic mass is 35.6. The molecular weight excluding hydrogens is 420 g/mol. The Morgan fingerprint density at radius 1 is 1.28 bits per heavy atom. The van der Waals surface area contributed by atoms with E-state index in [2.05, 4.69) is 9.47 Å². The summed E-state index contributed by atoms with van der Waals surface area (Å²) in [4.78, 5) is 36.9. The van der Waals surface area contributed by atoms with Gasteiger partial charge >= 0.3 is 12.1 Å². The minimum Gasteiger partial charge on any atom is -0.464 e. The van der Waals surface area contributed by atoms with Crippen LogP contribution >= 0.6 is 46.4 Å². The zero-order valence-corrected chi connectivity index (χ0v) is 16.9. The molecule has 0 aromatic heterocycles. The first-order chi connectivity index (χ1) is 11.4. The molecule has 1 amide bonds. The predicted octanol–water partition coefficient (Wildman–Crippen LogP) is 3.39. The molecule has 1 heterocycles. The zero-order valence-electron chi connectivity index (χ0n) is 13.8. The maximum absolute atomic E-state index is 12.4. The number of halogens is 4. The van der Waals surface area contributed by atoms with Gasteiger partial charge in [0.2, 0.25) is 9.70 Å². The molecule has 25 heavy (non-hydrogen) atoms. The number of carbonyl (C=O) groups is 3. The van der Waals surface area contributed by atoms with E-state index in [9.17, 15) is 14.4 Å². The van der Waals surface area contributed by atoms with Crippen LogP contribution in [0.3, 0.4) is 0 Å². The number of carbonyl (C=O) groups excluding carboxylic acids is 3. The normalized spacial score (nSPS) is 21.1. The van der Waals surface area contributed by atoms with Crippen molar-refractivity contribution in [1.82, 2.24) is 4.90 Å². The van der Waals surface area contributed by atoms with Crippen molar-refractivity contribution in [1.29, 1.82) is 0 Å². The molecule has 0 bridgehead atoms. The molecule has 0 radical (unpaired) electrons. The number of hydrogen-bond acceptors (Lipinski definition) is 6. The summed E-state index contributed by atoms with van der Waals surface area (Å²) in [6.07, 6.45) is -2.02. The number of amides is 1. The average molecular weight is 437 g/mol. The molecule has 7 nitrogen and oxygen atoms in total. The Bertz CT molecular complexity index is 584. The van der Waals surface area contributed by atoms with Crippen LogP contribution in [0.1, 0.15) is 20.8 Å². The highest BCUT2D eigenvalue weighted by Gasteiger charge is 2.53. The maximum Gasteiger partial charge on any atom is 0.508 e. The molecule has 1 saturated heterocycles. The van der Waals surface area contributed by atoms with E-state index in [4.69, 9.17) is 51.1 Å². The van der Waals surface area contributed by atoms with E-state index in [0.717, 1.165) is 4.90 Å². The monoisotopic (exact) mass is 435 g/mol. The van der Waals surface area contributed by atoms with E-state index in [-0.39, 0.29) is 5.70 Å². The lowest BCUT2D eigenvalue weighted by Gasteiger charge is -2.45. The van der Waals surface area contributed by atoms with Gasteiger partial charge in [0.05, 0.1) is 7.11 Å². The van der Waals surface area contributed by atoms with Crippen molar-refractivity contribution in [3.63, 3.8) is 0 Å². The second kappa shape index (κ2) is 8.66. The lowest BCUT2D eigenvalue weighted by molar-refractivity contribution is -0.159. The number of allylic oxidation sites excluding steroid dienone is 1. The van der Waals surface area contributed by atoms with Crippen LogP contribution in [-0.4, -0.2) is 52.0 Å². The average Bonchev–Trinajstić information content (AvgIpc) is 2.48. The van der Waals surface area contributed by atoms with Crippen LogP contribution < -0.4 is 0 Å². The van der Waals surface area contributed by atoms with Crippen LogP contribution in [0.4, 0.5) is 4.79 Å². The molecule has 1 aliphatic rings. The molecule has 1 rings (SSSR count). The summed E-state index contributed by atoms with van der Waals surface area (Å²) in [5.74, 6) is -2.03. The predicted molar refractivity (Wildman–Crippen MR) is 92.6 cm³/mol. The van der Waals surface area contributed by atoms with Gasteiger partial charge in [0.1, 0.15) is 29.8 Å². The quantitative estimate of drug-likeness (QED) is 0.216. The molecule has 0 aromatic rings. The summed E-state index contributed by atoms with van der Waals surface area (Å²) >= 11 is 22.6. The molecule has 0 N–H and O–H groups in total. The number of hydrogen-bond donors (Lipinski definition) is 0. The summed E-state index contributed by atoms with van der Waals surface area (Å²) in [6, 6.07) is 0. The van der Waals surface area contributed by atoms with Crippen molar-refractivity contribution in [2.75, 3.05) is 13.7 Å². The van der Waals surface area contributed by atoms with Crippen LogP contribution in [0, 0.1) is 5.92 Å². The second-order valence-electron chi connectivity index (χ2n) is 5.42. The first-order valence-electron chi connectivity index (χ1n) is 7.03. The van der Waals surface area contributed by atoms with Gasteiger partial charge in [-0.3, -0.25) is 9.69 Å². The number of esters is 1. The Labute approximate surface area is 165 Å². The van der Waals surface area contributed by atoms with E-state index >= 15 is 0 Å². The molecule has 1 aliphatic heterocycles. The van der Waals surface area contributed by atoms with Gasteiger partial charge in [-0.15, -0.1) is 0 Å². The third-order valence-corrected chi connectivity index (χ3v) is 4.09. The molecule has 3 atom stereocenters. The van der Waals surface area contributed by atoms with Gasteiger partial charge < -0.3 is 14.2 Å². The number of ether oxygens (including phenoxy) is 3. The molecule has 0 spiro atoms. The summed E-state index contributed by atoms with van der Waals surface area (Å²) in [7, 11) is 1.20. The largest absolute Gasteiger partial charge is 0.508 e. The van der Waals surface area contributed by atoms with Crippen molar-refractivity contribution in [3.8, 4) is 0 Å². The molecule has 0 aliphatic carbocycles. The number of nitrogens with zero attached hydrogens (tertiary/aromatic N) is 1. The van der Waals surface area contributed by atoms with E-state index < -0.39 is 46.0 Å². The van der Waals surface area contributed by atoms with E-state index in [1.54, 1.807) is 13.8 Å². The molecule has 0 saturated carbocycles. The highest BCUT2D eigenvalue weighted by molar-refractivity contribution is 6.67. The fourth-order valence-electron chi connectivity index (χ4n) is 2.18. The number of β-lactam (4-membered cyclic amide) rings is 1. The Morgan fingerprint density at radius 2 is 1.84 bits per heavy atom. The van der Waals surface area contributed by atoms with Crippen LogP contribution in [0.15, 0.2) is 11.3 Å². The Kier molecular flexibility index (Phi) is 7.68. The Hall–Kier alpha value is -0.890. The number of methoxy groups -OCH3 is 1. The minimum atomic E-state index is -1.78. The van der Waals surface area contributed by atoms with Crippen LogP contribution in [0.5, 0.6) is 0 Å². The van der Waals surface area contributed by atoms with Gasteiger partial charge in [-0.05, 0) is 26.3 Å². The van der Waals surface area contributed by atoms with Gasteiger partial charge in [0.25, 0.3) is 0 Å². The lowest BCUT2D eigenvalue weighted by Crippen LogP contribution is -2.62. The topological polar surface area (TPSA) is 82.1 Å². The van der Waals surface area contributed by atoms with Crippen molar-refractivity contribution in [2.24, 2.45) is 5.92 Å². The zero-order chi connectivity index (χ0) is 19.5. The van der Waals surface area contributed by atoms with Crippen LogP contribution in [0.2, 0.25) is 0 Å². The first kappa shape index (κ1) is 22.2. The standard InChI is InChI=1S/C14H17Cl4NO6/c1-6(2)9(12(21)23-4)19-10(15)8(11(19)20)7(3)25-13(22)24-5-14(16,17)18/h7-8,10H,5H2,1-4H3/t7-,8-,10+/m1/s1. The number of rotatable bonds is 5. The summed E-state index contributed by atoms with van der Waals surface area (Å²) in [5.41, 5.74) is -0.290. The third-order valence-electron chi connectivity index (χ3n) is 3.30. The fourth-order valence-corrected chi connectivity index (χ4v) is 2.85.